The van der Waals surface area contributed by atoms with Crippen LogP contribution in [0, 0.1) is 0 Å². The SMILES string of the molecule is CC[C@H](C)c1ccc(N2C(=O)NC(=O)/C(=C\c3ccc(N(CC)CC)cc3)C2=O)cc1. The average molecular weight is 420 g/mol. The highest BCUT2D eigenvalue weighted by atomic mass is 16.2. The van der Waals surface area contributed by atoms with Crippen molar-refractivity contribution in [1.29, 1.82) is 0 Å². The Morgan fingerprint density at radius 3 is 2.10 bits per heavy atom. The quantitative estimate of drug-likeness (QED) is 0.521. The van der Waals surface area contributed by atoms with Gasteiger partial charge in [-0.1, -0.05) is 38.1 Å². The normalized spacial score (nSPS) is 16.5. The number of anilines is 2. The molecule has 4 amide bonds. The summed E-state index contributed by atoms with van der Waals surface area (Å²) >= 11 is 0. The van der Waals surface area contributed by atoms with E-state index >= 15 is 0 Å². The highest BCUT2D eigenvalue weighted by Gasteiger charge is 2.36. The van der Waals surface area contributed by atoms with E-state index in [1.807, 2.05) is 36.4 Å². The molecular formula is C25H29N3O3. The molecule has 0 radical (unpaired) electrons. The summed E-state index contributed by atoms with van der Waals surface area (Å²) in [7, 11) is 0. The molecule has 6 heteroatoms. The smallest absolute Gasteiger partial charge is 0.335 e. The summed E-state index contributed by atoms with van der Waals surface area (Å²) in [5.41, 5.74) is 3.29. The molecule has 0 aliphatic carbocycles. The van der Waals surface area contributed by atoms with Crippen LogP contribution < -0.4 is 15.1 Å². The molecular weight excluding hydrogens is 390 g/mol. The Bertz CT molecular complexity index is 990. The highest BCUT2D eigenvalue weighted by Crippen LogP contribution is 2.26. The maximum absolute atomic E-state index is 13.1. The number of carbonyl (C=O) groups excluding carboxylic acids is 3. The summed E-state index contributed by atoms with van der Waals surface area (Å²) in [6, 6.07) is 14.2. The fourth-order valence-corrected chi connectivity index (χ4v) is 3.62. The Balaban J connectivity index is 1.88. The number of urea groups is 1. The fourth-order valence-electron chi connectivity index (χ4n) is 3.62. The molecule has 2 aromatic rings. The van der Waals surface area contributed by atoms with Gasteiger partial charge in [-0.3, -0.25) is 14.9 Å². The molecule has 3 rings (SSSR count). The Kier molecular flexibility index (Phi) is 6.90. The second-order valence-corrected chi connectivity index (χ2v) is 7.62. The van der Waals surface area contributed by atoms with Gasteiger partial charge in [0.05, 0.1) is 5.69 Å². The van der Waals surface area contributed by atoms with Gasteiger partial charge in [0.25, 0.3) is 11.8 Å². The summed E-state index contributed by atoms with van der Waals surface area (Å²) in [6.07, 6.45) is 2.52. The zero-order chi connectivity index (χ0) is 22.5. The molecule has 1 atom stereocenters. The largest absolute Gasteiger partial charge is 0.372 e. The van der Waals surface area contributed by atoms with Crippen molar-refractivity contribution in [2.45, 2.75) is 40.0 Å². The molecule has 1 aliphatic heterocycles. The van der Waals surface area contributed by atoms with Gasteiger partial charge in [0.15, 0.2) is 0 Å². The minimum absolute atomic E-state index is 0.0683. The minimum Gasteiger partial charge on any atom is -0.372 e. The lowest BCUT2D eigenvalue weighted by Crippen LogP contribution is -2.54. The molecule has 0 aromatic heterocycles. The number of amides is 4. The molecule has 0 saturated carbocycles. The molecule has 6 nitrogen and oxygen atoms in total. The van der Waals surface area contributed by atoms with Crippen molar-refractivity contribution in [3.63, 3.8) is 0 Å². The van der Waals surface area contributed by atoms with E-state index < -0.39 is 17.8 Å². The predicted molar refractivity (Wildman–Crippen MR) is 124 cm³/mol. The van der Waals surface area contributed by atoms with E-state index in [-0.39, 0.29) is 5.57 Å². The van der Waals surface area contributed by atoms with E-state index in [2.05, 4.69) is 37.9 Å². The van der Waals surface area contributed by atoms with Crippen molar-refractivity contribution < 1.29 is 14.4 Å². The first kappa shape index (κ1) is 22.3. The molecule has 162 valence electrons. The lowest BCUT2D eigenvalue weighted by molar-refractivity contribution is -0.122. The van der Waals surface area contributed by atoms with Crippen molar-refractivity contribution in [2.75, 3.05) is 22.9 Å². The van der Waals surface area contributed by atoms with Gasteiger partial charge >= 0.3 is 6.03 Å². The third-order valence-corrected chi connectivity index (χ3v) is 5.77. The number of rotatable bonds is 7. The molecule has 1 fully saturated rings. The number of hydrogen-bond acceptors (Lipinski definition) is 4. The number of barbiturate groups is 1. The molecule has 1 aliphatic rings. The summed E-state index contributed by atoms with van der Waals surface area (Å²) < 4.78 is 0. The highest BCUT2D eigenvalue weighted by molar-refractivity contribution is 6.39. The van der Waals surface area contributed by atoms with Crippen molar-refractivity contribution in [3.05, 3.63) is 65.2 Å². The average Bonchev–Trinajstić information content (AvgIpc) is 2.78. The van der Waals surface area contributed by atoms with E-state index in [4.69, 9.17) is 0 Å². The summed E-state index contributed by atoms with van der Waals surface area (Å²) in [5, 5.41) is 2.28. The lowest BCUT2D eigenvalue weighted by atomic mass is 9.98. The lowest BCUT2D eigenvalue weighted by Gasteiger charge is -2.26. The number of imide groups is 2. The van der Waals surface area contributed by atoms with Crippen molar-refractivity contribution in [2.24, 2.45) is 0 Å². The van der Waals surface area contributed by atoms with Crippen LogP contribution in [0.5, 0.6) is 0 Å². The first-order valence-electron chi connectivity index (χ1n) is 10.8. The third kappa shape index (κ3) is 4.68. The van der Waals surface area contributed by atoms with E-state index in [0.29, 0.717) is 11.6 Å². The topological polar surface area (TPSA) is 69.7 Å². The van der Waals surface area contributed by atoms with Crippen molar-refractivity contribution in [3.8, 4) is 0 Å². The first-order valence-corrected chi connectivity index (χ1v) is 10.8. The Morgan fingerprint density at radius 2 is 1.55 bits per heavy atom. The van der Waals surface area contributed by atoms with Crippen molar-refractivity contribution >= 4 is 35.3 Å². The van der Waals surface area contributed by atoms with Gasteiger partial charge in [0, 0.05) is 18.8 Å². The molecule has 0 spiro atoms. The van der Waals surface area contributed by atoms with Crippen LogP contribution in [0.3, 0.4) is 0 Å². The Morgan fingerprint density at radius 1 is 0.935 bits per heavy atom. The molecule has 0 unspecified atom stereocenters. The minimum atomic E-state index is -0.736. The van der Waals surface area contributed by atoms with E-state index in [9.17, 15) is 14.4 Å². The second kappa shape index (κ2) is 9.60. The van der Waals surface area contributed by atoms with Crippen LogP contribution in [0.2, 0.25) is 0 Å². The summed E-state index contributed by atoms with van der Waals surface area (Å²) in [5.74, 6) is -0.926. The molecule has 2 aromatic carbocycles. The maximum atomic E-state index is 13.1. The van der Waals surface area contributed by atoms with Gasteiger partial charge in [-0.15, -0.1) is 0 Å². The molecule has 1 saturated heterocycles. The number of carbonyl (C=O) groups is 3. The van der Waals surface area contributed by atoms with Crippen LogP contribution in [-0.4, -0.2) is 30.9 Å². The van der Waals surface area contributed by atoms with Crippen LogP contribution >= 0.6 is 0 Å². The maximum Gasteiger partial charge on any atom is 0.335 e. The van der Waals surface area contributed by atoms with Gasteiger partial charge < -0.3 is 4.90 Å². The fraction of sp³-hybridized carbons (Fsp3) is 0.320. The molecule has 0 bridgehead atoms. The number of benzene rings is 2. The van der Waals surface area contributed by atoms with Gasteiger partial charge in [0.1, 0.15) is 5.57 Å². The standard InChI is InChI=1S/C25H29N3O3/c1-5-17(4)19-10-14-21(15-11-19)28-24(30)22(23(29)26-25(28)31)16-18-8-12-20(13-9-18)27(6-2)7-3/h8-17H,5-7H2,1-4H3,(H,26,29,31)/b22-16+/t17-/m0/s1. The second-order valence-electron chi connectivity index (χ2n) is 7.62. The van der Waals surface area contributed by atoms with E-state index in [1.165, 1.54) is 6.08 Å². The Labute approximate surface area is 183 Å². The summed E-state index contributed by atoms with van der Waals surface area (Å²) in [4.78, 5) is 41.1. The zero-order valence-electron chi connectivity index (χ0n) is 18.5. The summed E-state index contributed by atoms with van der Waals surface area (Å²) in [6.45, 7) is 10.2. The van der Waals surface area contributed by atoms with E-state index in [0.717, 1.165) is 41.2 Å². The predicted octanol–water partition coefficient (Wildman–Crippen LogP) is 4.71. The van der Waals surface area contributed by atoms with Crippen LogP contribution in [0.15, 0.2) is 54.1 Å². The monoisotopic (exact) mass is 419 g/mol. The molecule has 1 N–H and O–H groups in total. The van der Waals surface area contributed by atoms with E-state index in [1.54, 1.807) is 12.1 Å². The molecule has 1 heterocycles. The van der Waals surface area contributed by atoms with Crippen LogP contribution in [0.4, 0.5) is 16.2 Å². The van der Waals surface area contributed by atoms with Crippen LogP contribution in [0.25, 0.3) is 6.08 Å². The van der Waals surface area contributed by atoms with Crippen molar-refractivity contribution in [1.82, 2.24) is 5.32 Å². The van der Waals surface area contributed by atoms with Gasteiger partial charge in [0.2, 0.25) is 0 Å². The van der Waals surface area contributed by atoms with Gasteiger partial charge in [-0.05, 0) is 67.7 Å². The number of hydrogen-bond donors (Lipinski definition) is 1. The number of nitrogens with zero attached hydrogens (tertiary/aromatic N) is 2. The third-order valence-electron chi connectivity index (χ3n) is 5.77. The van der Waals surface area contributed by atoms with Gasteiger partial charge in [-0.25, -0.2) is 9.69 Å². The first-order chi connectivity index (χ1) is 14.9. The molecule has 31 heavy (non-hydrogen) atoms. The van der Waals surface area contributed by atoms with Crippen LogP contribution in [0.1, 0.15) is 51.2 Å². The van der Waals surface area contributed by atoms with Gasteiger partial charge in [-0.2, -0.15) is 0 Å². The van der Waals surface area contributed by atoms with Crippen LogP contribution in [-0.2, 0) is 9.59 Å². The zero-order valence-corrected chi connectivity index (χ0v) is 18.5. The number of nitrogens with one attached hydrogen (secondary N) is 1. The Hall–Kier alpha value is -3.41.